The molecule has 2 aromatic heterocycles. The van der Waals surface area contributed by atoms with E-state index in [0.717, 1.165) is 46.0 Å². The molecule has 7 nitrogen and oxygen atoms in total. The van der Waals surface area contributed by atoms with Gasteiger partial charge in [-0.3, -0.25) is 9.98 Å². The van der Waals surface area contributed by atoms with E-state index in [1.165, 1.54) is 0 Å². The van der Waals surface area contributed by atoms with Gasteiger partial charge < -0.3 is 15.4 Å². The normalized spacial score (nSPS) is 12.8. The maximum Gasteiger partial charge on any atom is 0.154 e. The lowest BCUT2D eigenvalue weighted by atomic mass is 10.1. The first kappa shape index (κ1) is 15.5. The number of ether oxygens (including phenoxy) is 1. The van der Waals surface area contributed by atoms with Crippen LogP contribution in [-0.2, 0) is 11.3 Å². The Morgan fingerprint density at radius 2 is 2.00 bits per heavy atom. The Bertz CT molecular complexity index is 940. The van der Waals surface area contributed by atoms with Crippen LogP contribution in [-0.4, -0.2) is 41.0 Å². The van der Waals surface area contributed by atoms with Crippen LogP contribution < -0.4 is 10.6 Å². The van der Waals surface area contributed by atoms with Crippen LogP contribution in [0.4, 0.5) is 11.5 Å². The number of rotatable bonds is 5. The smallest absolute Gasteiger partial charge is 0.154 e. The van der Waals surface area contributed by atoms with Gasteiger partial charge in [-0.25, -0.2) is 9.97 Å². The van der Waals surface area contributed by atoms with E-state index in [0.29, 0.717) is 13.2 Å². The molecule has 1 aliphatic heterocycles. The Kier molecular flexibility index (Phi) is 4.22. The summed E-state index contributed by atoms with van der Waals surface area (Å²) in [5.41, 5.74) is 2.68. The molecule has 25 heavy (non-hydrogen) atoms. The van der Waals surface area contributed by atoms with Crippen molar-refractivity contribution in [3.8, 4) is 0 Å². The molecular weight excluding hydrogens is 316 g/mol. The Morgan fingerprint density at radius 3 is 2.92 bits per heavy atom. The zero-order valence-corrected chi connectivity index (χ0v) is 13.9. The number of pyridine rings is 1. The quantitative estimate of drug-likeness (QED) is 0.697. The van der Waals surface area contributed by atoms with E-state index in [2.05, 4.69) is 36.6 Å². The Morgan fingerprint density at radius 1 is 1.08 bits per heavy atom. The van der Waals surface area contributed by atoms with Gasteiger partial charge in [-0.05, 0) is 29.7 Å². The third-order valence-corrected chi connectivity index (χ3v) is 4.01. The summed E-state index contributed by atoms with van der Waals surface area (Å²) in [4.78, 5) is 17.6. The summed E-state index contributed by atoms with van der Waals surface area (Å²) in [5.74, 6) is 1.62. The fourth-order valence-electron chi connectivity index (χ4n) is 2.81. The summed E-state index contributed by atoms with van der Waals surface area (Å²) in [5, 5.41) is 8.81. The van der Waals surface area contributed by atoms with Gasteiger partial charge in [-0.2, -0.15) is 0 Å². The van der Waals surface area contributed by atoms with Crippen molar-refractivity contribution in [2.45, 2.75) is 6.54 Å². The molecule has 0 spiro atoms. The van der Waals surface area contributed by atoms with Crippen LogP contribution in [0.5, 0.6) is 0 Å². The molecule has 126 valence electrons. The second-order valence-electron chi connectivity index (χ2n) is 5.66. The summed E-state index contributed by atoms with van der Waals surface area (Å²) in [6.07, 6.45) is 5.18. The Hall–Kier alpha value is -3.06. The lowest BCUT2D eigenvalue weighted by Crippen LogP contribution is -2.13. The van der Waals surface area contributed by atoms with Crippen LogP contribution >= 0.6 is 0 Å². The first-order valence-corrected chi connectivity index (χ1v) is 8.08. The molecule has 3 aromatic rings. The molecular formula is C18H18N6O. The minimum absolute atomic E-state index is 0.566. The van der Waals surface area contributed by atoms with Crippen molar-refractivity contribution in [1.82, 2.24) is 15.0 Å². The topological polar surface area (TPSA) is 84.3 Å². The van der Waals surface area contributed by atoms with Gasteiger partial charge in [0, 0.05) is 43.3 Å². The van der Waals surface area contributed by atoms with Crippen molar-refractivity contribution in [1.29, 1.82) is 0 Å². The first-order valence-electron chi connectivity index (χ1n) is 8.08. The van der Waals surface area contributed by atoms with Gasteiger partial charge >= 0.3 is 0 Å². The lowest BCUT2D eigenvalue weighted by molar-refractivity contribution is 0.210. The molecule has 1 aliphatic rings. The van der Waals surface area contributed by atoms with Crippen LogP contribution in [0, 0.1) is 0 Å². The number of nitrogens with one attached hydrogen (secondary N) is 2. The van der Waals surface area contributed by atoms with Crippen molar-refractivity contribution in [3.63, 3.8) is 0 Å². The number of hydrogen-bond acceptors (Lipinski definition) is 7. The van der Waals surface area contributed by atoms with Crippen molar-refractivity contribution < 1.29 is 4.74 Å². The van der Waals surface area contributed by atoms with Gasteiger partial charge in [0.2, 0.25) is 0 Å². The minimum atomic E-state index is 0.566. The van der Waals surface area contributed by atoms with E-state index in [4.69, 9.17) is 4.74 Å². The number of amidine groups is 1. The van der Waals surface area contributed by atoms with Gasteiger partial charge in [-0.15, -0.1) is 0 Å². The number of methoxy groups -OCH3 is 1. The molecule has 7 heteroatoms. The molecule has 0 unspecified atom stereocenters. The first-order chi connectivity index (χ1) is 12.3. The van der Waals surface area contributed by atoms with Gasteiger partial charge in [0.25, 0.3) is 0 Å². The molecule has 0 bridgehead atoms. The lowest BCUT2D eigenvalue weighted by Gasteiger charge is -2.11. The molecule has 4 rings (SSSR count). The number of nitrogens with zero attached hydrogens (tertiary/aromatic N) is 4. The fourth-order valence-corrected chi connectivity index (χ4v) is 2.81. The van der Waals surface area contributed by atoms with Crippen LogP contribution in [0.1, 0.15) is 11.4 Å². The Balaban J connectivity index is 1.58. The van der Waals surface area contributed by atoms with Crippen molar-refractivity contribution in [2.75, 3.05) is 30.9 Å². The van der Waals surface area contributed by atoms with Crippen molar-refractivity contribution >= 4 is 28.1 Å². The molecule has 1 aromatic carbocycles. The number of hydrogen-bond donors (Lipinski definition) is 2. The molecule has 2 N–H and O–H groups in total. The van der Waals surface area contributed by atoms with Gasteiger partial charge in [-0.1, -0.05) is 0 Å². The second kappa shape index (κ2) is 6.82. The van der Waals surface area contributed by atoms with Crippen LogP contribution in [0.25, 0.3) is 10.8 Å². The van der Waals surface area contributed by atoms with Gasteiger partial charge in [0.1, 0.15) is 11.5 Å². The van der Waals surface area contributed by atoms with E-state index < -0.39 is 0 Å². The minimum Gasteiger partial charge on any atom is -0.383 e. The number of anilines is 2. The Labute approximate surface area is 145 Å². The summed E-state index contributed by atoms with van der Waals surface area (Å²) in [6, 6.07) is 8.14. The van der Waals surface area contributed by atoms with E-state index in [-0.39, 0.29) is 0 Å². The zero-order chi connectivity index (χ0) is 17.1. The van der Waals surface area contributed by atoms with Gasteiger partial charge in [0.05, 0.1) is 18.8 Å². The predicted molar refractivity (Wildman–Crippen MR) is 98.0 cm³/mol. The highest BCUT2D eigenvalue weighted by Gasteiger charge is 2.18. The van der Waals surface area contributed by atoms with E-state index in [9.17, 15) is 0 Å². The monoisotopic (exact) mass is 334 g/mol. The summed E-state index contributed by atoms with van der Waals surface area (Å²) < 4.78 is 5.07. The second-order valence-corrected chi connectivity index (χ2v) is 5.66. The predicted octanol–water partition coefficient (Wildman–Crippen LogP) is 2.46. The third kappa shape index (κ3) is 3.14. The number of aliphatic imine (C=N–C) groups is 1. The number of aromatic nitrogens is 3. The van der Waals surface area contributed by atoms with Crippen LogP contribution in [0.2, 0.25) is 0 Å². The summed E-state index contributed by atoms with van der Waals surface area (Å²) >= 11 is 0. The van der Waals surface area contributed by atoms with E-state index in [1.54, 1.807) is 25.7 Å². The van der Waals surface area contributed by atoms with E-state index in [1.807, 2.05) is 18.2 Å². The largest absolute Gasteiger partial charge is 0.383 e. The standard InChI is InChI=1S/C18H18N6O/c1-25-9-8-22-17-14-3-2-13(10-12(14)4-5-21-17)24-18-16-15(11-23-18)19-6-7-20-16/h2-7,10H,8-9,11H2,1H3,(H,21,22)(H,23,24). The van der Waals surface area contributed by atoms with Crippen LogP contribution in [0.3, 0.4) is 0 Å². The molecule has 0 radical (unpaired) electrons. The van der Waals surface area contributed by atoms with Crippen molar-refractivity contribution in [3.05, 3.63) is 54.2 Å². The SMILES string of the molecule is COCCNc1nccc2cc(NC3=NCc4nccnc43)ccc12. The summed E-state index contributed by atoms with van der Waals surface area (Å²) in [7, 11) is 1.68. The molecule has 0 fully saturated rings. The molecule has 0 aliphatic carbocycles. The molecule has 0 atom stereocenters. The van der Waals surface area contributed by atoms with Crippen LogP contribution in [0.15, 0.2) is 47.8 Å². The molecule has 3 heterocycles. The average molecular weight is 334 g/mol. The summed E-state index contributed by atoms with van der Waals surface area (Å²) in [6.45, 7) is 1.92. The maximum absolute atomic E-state index is 5.07. The maximum atomic E-state index is 5.07. The highest BCUT2D eigenvalue weighted by atomic mass is 16.5. The highest BCUT2D eigenvalue weighted by Crippen LogP contribution is 2.25. The average Bonchev–Trinajstić information content (AvgIpc) is 3.05. The number of benzene rings is 1. The highest BCUT2D eigenvalue weighted by molar-refractivity contribution is 6.09. The molecule has 0 saturated carbocycles. The molecule has 0 saturated heterocycles. The third-order valence-electron chi connectivity index (χ3n) is 4.01. The zero-order valence-electron chi connectivity index (χ0n) is 13.9. The van der Waals surface area contributed by atoms with Gasteiger partial charge in [0.15, 0.2) is 5.84 Å². The van der Waals surface area contributed by atoms with E-state index >= 15 is 0 Å². The fraction of sp³-hybridized carbons (Fsp3) is 0.222. The molecule has 0 amide bonds. The number of fused-ring (bicyclic) bond motifs is 2. The van der Waals surface area contributed by atoms with Crippen molar-refractivity contribution in [2.24, 2.45) is 4.99 Å².